The van der Waals surface area contributed by atoms with Crippen molar-refractivity contribution in [1.82, 2.24) is 19.6 Å². The van der Waals surface area contributed by atoms with Gasteiger partial charge in [0.05, 0.1) is 23.4 Å². The Morgan fingerprint density at radius 2 is 2.00 bits per heavy atom. The Morgan fingerprint density at radius 1 is 1.37 bits per heavy atom. The minimum absolute atomic E-state index is 0.00114. The summed E-state index contributed by atoms with van der Waals surface area (Å²) >= 11 is 0. The minimum Gasteiger partial charge on any atom is -0.390 e. The molecule has 6 heteroatoms. The van der Waals surface area contributed by atoms with Gasteiger partial charge in [-0.3, -0.25) is 9.48 Å². The van der Waals surface area contributed by atoms with Gasteiger partial charge >= 0.3 is 0 Å². The van der Waals surface area contributed by atoms with E-state index in [4.69, 9.17) is 0 Å². The topological polar surface area (TPSA) is 61.6 Å². The van der Waals surface area contributed by atoms with Gasteiger partial charge in [0, 0.05) is 25.8 Å². The van der Waals surface area contributed by atoms with Gasteiger partial charge in [-0.2, -0.15) is 5.10 Å². The first-order chi connectivity index (χ1) is 8.82. The van der Waals surface area contributed by atoms with E-state index in [2.05, 4.69) is 5.10 Å². The first kappa shape index (κ1) is 14.0. The Kier molecular flexibility index (Phi) is 3.64. The molecule has 1 aliphatic heterocycles. The molecule has 6 nitrogen and oxygen atoms in total. The molecule has 1 amide bonds. The summed E-state index contributed by atoms with van der Waals surface area (Å²) in [6.07, 6.45) is -0.490. The van der Waals surface area contributed by atoms with Crippen LogP contribution in [-0.2, 0) is 7.05 Å². The van der Waals surface area contributed by atoms with Crippen LogP contribution in [0.4, 0.5) is 0 Å². The Balaban J connectivity index is 2.22. The van der Waals surface area contributed by atoms with Crippen molar-refractivity contribution in [2.45, 2.75) is 26.0 Å². The summed E-state index contributed by atoms with van der Waals surface area (Å²) in [5.41, 5.74) is 2.27. The molecule has 2 atom stereocenters. The van der Waals surface area contributed by atoms with Crippen molar-refractivity contribution >= 4 is 5.91 Å². The number of hydrogen-bond acceptors (Lipinski definition) is 4. The molecule has 1 aromatic heterocycles. The molecule has 0 aromatic carbocycles. The third kappa shape index (κ3) is 2.37. The van der Waals surface area contributed by atoms with Crippen LogP contribution < -0.4 is 0 Å². The fourth-order valence-corrected chi connectivity index (χ4v) is 2.68. The lowest BCUT2D eigenvalue weighted by molar-refractivity contribution is 0.0762. The second-order valence-electron chi connectivity index (χ2n) is 5.48. The monoisotopic (exact) mass is 266 g/mol. The average molecular weight is 266 g/mol. The van der Waals surface area contributed by atoms with Crippen LogP contribution in [0.15, 0.2) is 0 Å². The zero-order valence-electron chi connectivity index (χ0n) is 12.2. The number of aryl methyl sites for hydroxylation is 2. The van der Waals surface area contributed by atoms with E-state index in [1.165, 1.54) is 0 Å². The fraction of sp³-hybridized carbons (Fsp3) is 0.692. The van der Waals surface area contributed by atoms with Gasteiger partial charge in [0.1, 0.15) is 0 Å². The standard InChI is InChI=1S/C13H22N4O2/c1-8-12(9(2)16(5)14-8)13(19)17-6-10(15(3)4)11(18)7-17/h10-11,18H,6-7H2,1-5H3/t10-,11-/m0/s1. The zero-order chi connectivity index (χ0) is 14.3. The van der Waals surface area contributed by atoms with Gasteiger partial charge < -0.3 is 14.9 Å². The maximum Gasteiger partial charge on any atom is 0.257 e. The van der Waals surface area contributed by atoms with Gasteiger partial charge in [0.15, 0.2) is 0 Å². The predicted molar refractivity (Wildman–Crippen MR) is 72.1 cm³/mol. The lowest BCUT2D eigenvalue weighted by Crippen LogP contribution is -2.38. The number of likely N-dealkylation sites (N-methyl/N-ethyl adjacent to an activating group) is 1. The summed E-state index contributed by atoms with van der Waals surface area (Å²) in [7, 11) is 5.67. The van der Waals surface area contributed by atoms with Crippen molar-refractivity contribution in [3.63, 3.8) is 0 Å². The number of amides is 1. The SMILES string of the molecule is Cc1nn(C)c(C)c1C(=O)N1C[C@H](O)[C@@H](N(C)C)C1. The maximum absolute atomic E-state index is 12.6. The van der Waals surface area contributed by atoms with Gasteiger partial charge in [-0.15, -0.1) is 0 Å². The molecule has 0 spiro atoms. The number of carbonyl (C=O) groups excluding carboxylic acids is 1. The molecule has 0 unspecified atom stereocenters. The van der Waals surface area contributed by atoms with Crippen LogP contribution in [0.5, 0.6) is 0 Å². The summed E-state index contributed by atoms with van der Waals surface area (Å²) in [5.74, 6) is -0.0356. The molecule has 1 saturated heterocycles. The average Bonchev–Trinajstić information content (AvgIpc) is 2.81. The summed E-state index contributed by atoms with van der Waals surface area (Å²) < 4.78 is 1.72. The van der Waals surface area contributed by atoms with Gasteiger partial charge in [0.25, 0.3) is 5.91 Å². The molecule has 2 heterocycles. The van der Waals surface area contributed by atoms with Crippen molar-refractivity contribution in [3.05, 3.63) is 17.0 Å². The number of β-amino-alcohol motifs (C(OH)–C–C–N with tert-alkyl or cyclic N) is 1. The van der Waals surface area contributed by atoms with E-state index in [0.717, 1.165) is 11.4 Å². The van der Waals surface area contributed by atoms with Crippen LogP contribution in [0, 0.1) is 13.8 Å². The van der Waals surface area contributed by atoms with Gasteiger partial charge in [-0.05, 0) is 27.9 Å². The number of aliphatic hydroxyl groups excluding tert-OH is 1. The largest absolute Gasteiger partial charge is 0.390 e. The van der Waals surface area contributed by atoms with E-state index in [-0.39, 0.29) is 11.9 Å². The quantitative estimate of drug-likeness (QED) is 0.804. The second-order valence-corrected chi connectivity index (χ2v) is 5.48. The number of rotatable bonds is 2. The van der Waals surface area contributed by atoms with Crippen molar-refractivity contribution in [1.29, 1.82) is 0 Å². The van der Waals surface area contributed by atoms with E-state index < -0.39 is 6.10 Å². The molecule has 0 aliphatic carbocycles. The van der Waals surface area contributed by atoms with Gasteiger partial charge in [-0.1, -0.05) is 0 Å². The highest BCUT2D eigenvalue weighted by Crippen LogP contribution is 2.20. The van der Waals surface area contributed by atoms with Crippen molar-refractivity contribution in [3.8, 4) is 0 Å². The Labute approximate surface area is 113 Å². The molecule has 0 radical (unpaired) electrons. The third-order valence-corrected chi connectivity index (χ3v) is 3.93. The summed E-state index contributed by atoms with van der Waals surface area (Å²) in [6, 6.07) is 0.00114. The Hall–Kier alpha value is -1.40. The second kappa shape index (κ2) is 4.94. The Bertz CT molecular complexity index is 495. The maximum atomic E-state index is 12.6. The van der Waals surface area contributed by atoms with E-state index in [0.29, 0.717) is 18.7 Å². The number of aliphatic hydroxyl groups is 1. The van der Waals surface area contributed by atoms with E-state index >= 15 is 0 Å². The molecule has 19 heavy (non-hydrogen) atoms. The first-order valence-corrected chi connectivity index (χ1v) is 6.47. The van der Waals surface area contributed by atoms with Crippen molar-refractivity contribution in [2.75, 3.05) is 27.2 Å². The van der Waals surface area contributed by atoms with Crippen LogP contribution in [0.25, 0.3) is 0 Å². The Morgan fingerprint density at radius 3 is 2.42 bits per heavy atom. The molecule has 1 aromatic rings. The summed E-state index contributed by atoms with van der Waals surface area (Å²) in [6.45, 7) is 4.68. The summed E-state index contributed by atoms with van der Waals surface area (Å²) in [4.78, 5) is 16.2. The van der Waals surface area contributed by atoms with Gasteiger partial charge in [-0.25, -0.2) is 0 Å². The third-order valence-electron chi connectivity index (χ3n) is 3.93. The van der Waals surface area contributed by atoms with Crippen LogP contribution in [0.2, 0.25) is 0 Å². The van der Waals surface area contributed by atoms with E-state index in [9.17, 15) is 9.90 Å². The first-order valence-electron chi connectivity index (χ1n) is 6.47. The number of aromatic nitrogens is 2. The van der Waals surface area contributed by atoms with Crippen molar-refractivity contribution < 1.29 is 9.90 Å². The van der Waals surface area contributed by atoms with E-state index in [1.807, 2.05) is 39.9 Å². The minimum atomic E-state index is -0.490. The number of nitrogens with zero attached hydrogens (tertiary/aromatic N) is 4. The molecule has 0 bridgehead atoms. The summed E-state index contributed by atoms with van der Waals surface area (Å²) in [5, 5.41) is 14.3. The number of carbonyl (C=O) groups is 1. The van der Waals surface area contributed by atoms with Crippen LogP contribution >= 0.6 is 0 Å². The van der Waals surface area contributed by atoms with Crippen molar-refractivity contribution in [2.24, 2.45) is 7.05 Å². The molecule has 2 rings (SSSR count). The van der Waals surface area contributed by atoms with E-state index in [1.54, 1.807) is 9.58 Å². The lowest BCUT2D eigenvalue weighted by atomic mass is 10.1. The highest BCUT2D eigenvalue weighted by Gasteiger charge is 2.36. The van der Waals surface area contributed by atoms with Gasteiger partial charge in [0.2, 0.25) is 0 Å². The molecular weight excluding hydrogens is 244 g/mol. The highest BCUT2D eigenvalue weighted by atomic mass is 16.3. The molecule has 1 aliphatic rings. The molecule has 0 saturated carbocycles. The highest BCUT2D eigenvalue weighted by molar-refractivity contribution is 5.96. The lowest BCUT2D eigenvalue weighted by Gasteiger charge is -2.21. The predicted octanol–water partition coefficient (Wildman–Crippen LogP) is -0.216. The smallest absolute Gasteiger partial charge is 0.257 e. The fourth-order valence-electron chi connectivity index (χ4n) is 2.68. The molecule has 1 N–H and O–H groups in total. The van der Waals surface area contributed by atoms with Crippen LogP contribution in [0.3, 0.4) is 0 Å². The zero-order valence-corrected chi connectivity index (χ0v) is 12.2. The van der Waals surface area contributed by atoms with Crippen LogP contribution in [0.1, 0.15) is 21.7 Å². The number of hydrogen-bond donors (Lipinski definition) is 1. The van der Waals surface area contributed by atoms with Crippen LogP contribution in [-0.4, -0.2) is 69.9 Å². The molecule has 106 valence electrons. The molecule has 1 fully saturated rings. The number of likely N-dealkylation sites (tertiary alicyclic amines) is 1. The molecular formula is C13H22N4O2. The normalized spacial score (nSPS) is 23.4.